The van der Waals surface area contributed by atoms with Gasteiger partial charge in [-0.15, -0.1) is 0 Å². The average Bonchev–Trinajstić information content (AvgIpc) is 3.22. The SMILES string of the molecule is CCCN(CC)C(=O)C(=O)c1cn(C)c2cc(O)c(C(=O)N3CCC(Cc4ccc(F)cc4)CC3)cc12. The van der Waals surface area contributed by atoms with Crippen LogP contribution < -0.4 is 0 Å². The van der Waals surface area contributed by atoms with Crippen molar-refractivity contribution in [3.05, 3.63) is 65.1 Å². The molecule has 0 saturated carbocycles. The minimum atomic E-state index is -0.619. The lowest BCUT2D eigenvalue weighted by Gasteiger charge is -2.32. The second kappa shape index (κ2) is 11.2. The maximum Gasteiger partial charge on any atom is 0.295 e. The van der Waals surface area contributed by atoms with Crippen LogP contribution in [0.15, 0.2) is 42.6 Å². The number of Topliss-reactive ketones (excluding diaryl/α,β-unsaturated/α-hetero) is 1. The van der Waals surface area contributed by atoms with Gasteiger partial charge in [-0.3, -0.25) is 14.4 Å². The molecule has 1 fully saturated rings. The molecule has 3 aromatic rings. The quantitative estimate of drug-likeness (QED) is 0.358. The third-order valence-corrected chi connectivity index (χ3v) is 7.28. The van der Waals surface area contributed by atoms with Crippen LogP contribution in [-0.2, 0) is 18.3 Å². The predicted molar refractivity (Wildman–Crippen MR) is 140 cm³/mol. The summed E-state index contributed by atoms with van der Waals surface area (Å²) >= 11 is 0. The number of aromatic nitrogens is 1. The van der Waals surface area contributed by atoms with Gasteiger partial charge in [0.05, 0.1) is 16.6 Å². The van der Waals surface area contributed by atoms with Gasteiger partial charge in [0, 0.05) is 50.9 Å². The smallest absolute Gasteiger partial charge is 0.295 e. The summed E-state index contributed by atoms with van der Waals surface area (Å²) in [5.74, 6) is -1.50. The molecular formula is C29H34FN3O4. The van der Waals surface area contributed by atoms with Gasteiger partial charge in [-0.25, -0.2) is 4.39 Å². The number of phenols is 1. The molecule has 1 aromatic heterocycles. The number of carbonyl (C=O) groups excluding carboxylic acids is 3. The highest BCUT2D eigenvalue weighted by molar-refractivity contribution is 6.45. The van der Waals surface area contributed by atoms with E-state index in [0.717, 1.165) is 31.2 Å². The Kier molecular flexibility index (Phi) is 7.95. The van der Waals surface area contributed by atoms with Crippen LogP contribution in [0, 0.1) is 11.7 Å². The molecule has 2 heterocycles. The number of hydrogen-bond acceptors (Lipinski definition) is 4. The largest absolute Gasteiger partial charge is 0.507 e. The van der Waals surface area contributed by atoms with Crippen LogP contribution >= 0.6 is 0 Å². The molecule has 1 N–H and O–H groups in total. The van der Waals surface area contributed by atoms with Crippen LogP contribution in [0.1, 0.15) is 59.4 Å². The monoisotopic (exact) mass is 507 g/mol. The van der Waals surface area contributed by atoms with Crippen molar-refractivity contribution < 1.29 is 23.9 Å². The Labute approximate surface area is 216 Å². The van der Waals surface area contributed by atoms with E-state index in [1.54, 1.807) is 34.8 Å². The number of hydrogen-bond donors (Lipinski definition) is 1. The van der Waals surface area contributed by atoms with Crippen LogP contribution in [0.25, 0.3) is 10.9 Å². The number of amides is 2. The van der Waals surface area contributed by atoms with E-state index in [0.29, 0.717) is 43.0 Å². The predicted octanol–water partition coefficient (Wildman–Crippen LogP) is 4.56. The molecule has 0 aliphatic carbocycles. The van der Waals surface area contributed by atoms with Crippen LogP contribution in [0.5, 0.6) is 5.75 Å². The van der Waals surface area contributed by atoms with Crippen molar-refractivity contribution in [3.63, 3.8) is 0 Å². The summed E-state index contributed by atoms with van der Waals surface area (Å²) in [6.07, 6.45) is 4.77. The zero-order valence-corrected chi connectivity index (χ0v) is 21.7. The third-order valence-electron chi connectivity index (χ3n) is 7.28. The van der Waals surface area contributed by atoms with Crippen LogP contribution in [-0.4, -0.2) is 63.3 Å². The van der Waals surface area contributed by atoms with E-state index in [1.807, 2.05) is 13.8 Å². The first kappa shape index (κ1) is 26.4. The lowest BCUT2D eigenvalue weighted by Crippen LogP contribution is -2.39. The molecule has 8 heteroatoms. The molecule has 1 aliphatic heterocycles. The highest BCUT2D eigenvalue weighted by Crippen LogP contribution is 2.31. The van der Waals surface area contributed by atoms with E-state index in [-0.39, 0.29) is 28.6 Å². The summed E-state index contributed by atoms with van der Waals surface area (Å²) in [6, 6.07) is 9.54. The number of likely N-dealkylation sites (N-methyl/N-ethyl adjacent to an activating group) is 1. The van der Waals surface area contributed by atoms with E-state index in [1.165, 1.54) is 29.2 Å². The summed E-state index contributed by atoms with van der Waals surface area (Å²) in [6.45, 7) is 5.80. The number of nitrogens with zero attached hydrogens (tertiary/aromatic N) is 3. The van der Waals surface area contributed by atoms with Crippen LogP contribution in [0.4, 0.5) is 4.39 Å². The summed E-state index contributed by atoms with van der Waals surface area (Å²) < 4.78 is 14.9. The van der Waals surface area contributed by atoms with Gasteiger partial charge < -0.3 is 19.5 Å². The van der Waals surface area contributed by atoms with Gasteiger partial charge in [0.15, 0.2) is 0 Å². The molecule has 2 aromatic carbocycles. The van der Waals surface area contributed by atoms with Crippen LogP contribution in [0.2, 0.25) is 0 Å². The maximum atomic E-state index is 13.4. The van der Waals surface area contributed by atoms with Gasteiger partial charge in [-0.05, 0) is 62.3 Å². The molecular weight excluding hydrogens is 473 g/mol. The fourth-order valence-electron chi connectivity index (χ4n) is 5.17. The van der Waals surface area contributed by atoms with Crippen molar-refractivity contribution in [1.82, 2.24) is 14.4 Å². The van der Waals surface area contributed by atoms with E-state index in [4.69, 9.17) is 0 Å². The molecule has 0 unspecified atom stereocenters. The summed E-state index contributed by atoms with van der Waals surface area (Å²) in [5, 5.41) is 11.2. The normalized spacial score (nSPS) is 14.2. The molecule has 0 radical (unpaired) electrons. The lowest BCUT2D eigenvalue weighted by atomic mass is 9.90. The van der Waals surface area contributed by atoms with E-state index in [2.05, 4.69) is 0 Å². The molecule has 0 atom stereocenters. The number of rotatable bonds is 8. The molecule has 2 amide bonds. The number of benzene rings is 2. The van der Waals surface area contributed by atoms with Crippen molar-refractivity contribution in [2.24, 2.45) is 13.0 Å². The number of carbonyl (C=O) groups is 3. The van der Waals surface area contributed by atoms with Gasteiger partial charge in [-0.1, -0.05) is 19.1 Å². The molecule has 37 heavy (non-hydrogen) atoms. The Hall–Kier alpha value is -3.68. The van der Waals surface area contributed by atoms with Crippen molar-refractivity contribution in [1.29, 1.82) is 0 Å². The van der Waals surface area contributed by atoms with Gasteiger partial charge in [0.2, 0.25) is 0 Å². The molecule has 196 valence electrons. The van der Waals surface area contributed by atoms with Gasteiger partial charge in [0.25, 0.3) is 17.6 Å². The Balaban J connectivity index is 1.53. The average molecular weight is 508 g/mol. The number of fused-ring (bicyclic) bond motifs is 1. The Bertz CT molecular complexity index is 1310. The zero-order valence-electron chi connectivity index (χ0n) is 21.7. The van der Waals surface area contributed by atoms with Crippen molar-refractivity contribution in [3.8, 4) is 5.75 Å². The van der Waals surface area contributed by atoms with Crippen molar-refractivity contribution >= 4 is 28.5 Å². The summed E-state index contributed by atoms with van der Waals surface area (Å²) in [7, 11) is 1.74. The number of likely N-dealkylation sites (tertiary alicyclic amines) is 1. The zero-order chi connectivity index (χ0) is 26.7. The summed E-state index contributed by atoms with van der Waals surface area (Å²) in [4.78, 5) is 42.6. The van der Waals surface area contributed by atoms with Crippen molar-refractivity contribution in [2.45, 2.75) is 39.5 Å². The summed E-state index contributed by atoms with van der Waals surface area (Å²) in [5.41, 5.74) is 2.00. The Morgan fingerprint density at radius 2 is 1.73 bits per heavy atom. The number of phenolic OH excluding ortho intramolecular Hbond substituents is 1. The number of piperidine rings is 1. The minimum Gasteiger partial charge on any atom is -0.507 e. The van der Waals surface area contributed by atoms with Gasteiger partial charge in [-0.2, -0.15) is 0 Å². The number of aromatic hydroxyl groups is 1. The minimum absolute atomic E-state index is 0.123. The molecule has 0 bridgehead atoms. The molecule has 7 nitrogen and oxygen atoms in total. The second-order valence-electron chi connectivity index (χ2n) is 9.82. The first-order valence-corrected chi connectivity index (χ1v) is 12.9. The topological polar surface area (TPSA) is 82.9 Å². The van der Waals surface area contributed by atoms with Gasteiger partial charge >= 0.3 is 0 Å². The standard InChI is InChI=1S/C29H34FN3O4/c1-4-12-32(5-2)29(37)27(35)24-18-31(3)25-17-26(34)23(16-22(24)25)28(36)33-13-10-20(11-14-33)15-19-6-8-21(30)9-7-19/h6-9,16-18,20,34H,4-5,10-15H2,1-3H3. The molecule has 4 rings (SSSR count). The number of halogens is 1. The van der Waals surface area contributed by atoms with Crippen LogP contribution in [0.3, 0.4) is 0 Å². The van der Waals surface area contributed by atoms with E-state index >= 15 is 0 Å². The highest BCUT2D eigenvalue weighted by Gasteiger charge is 2.29. The Morgan fingerprint density at radius 3 is 2.35 bits per heavy atom. The molecule has 1 aliphatic rings. The number of aryl methyl sites for hydroxylation is 1. The van der Waals surface area contributed by atoms with Crippen molar-refractivity contribution in [2.75, 3.05) is 26.2 Å². The fraction of sp³-hybridized carbons (Fsp3) is 0.414. The highest BCUT2D eigenvalue weighted by atomic mass is 19.1. The second-order valence-corrected chi connectivity index (χ2v) is 9.82. The Morgan fingerprint density at radius 1 is 1.05 bits per heavy atom. The van der Waals surface area contributed by atoms with Gasteiger partial charge in [0.1, 0.15) is 11.6 Å². The molecule has 1 saturated heterocycles. The van der Waals surface area contributed by atoms with E-state index < -0.39 is 11.7 Å². The maximum absolute atomic E-state index is 13.4. The third kappa shape index (κ3) is 5.53. The lowest BCUT2D eigenvalue weighted by molar-refractivity contribution is -0.126. The first-order chi connectivity index (χ1) is 17.7. The molecule has 0 spiro atoms. The first-order valence-electron chi connectivity index (χ1n) is 12.9. The number of ketones is 1. The van der Waals surface area contributed by atoms with E-state index in [9.17, 15) is 23.9 Å². The fourth-order valence-corrected chi connectivity index (χ4v) is 5.17.